The molecule has 0 aliphatic heterocycles. The summed E-state index contributed by atoms with van der Waals surface area (Å²) in [5, 5.41) is 4.18. The van der Waals surface area contributed by atoms with Crippen LogP contribution < -0.4 is 0 Å². The van der Waals surface area contributed by atoms with E-state index < -0.39 is 0 Å². The first-order valence-electron chi connectivity index (χ1n) is 4.02. The summed E-state index contributed by atoms with van der Waals surface area (Å²) >= 11 is 5.25. The maximum atomic E-state index is 4.18. The van der Waals surface area contributed by atoms with Crippen LogP contribution in [-0.2, 0) is 6.42 Å². The van der Waals surface area contributed by atoms with Crippen LogP contribution in [0.25, 0.3) is 11.0 Å². The Morgan fingerprint density at radius 1 is 1.46 bits per heavy atom. The molecule has 0 radical (unpaired) electrons. The molecule has 2 aromatic heterocycles. The van der Waals surface area contributed by atoms with E-state index in [4.69, 9.17) is 0 Å². The molecule has 1 aliphatic rings. The number of aromatic nitrogens is 3. The van der Waals surface area contributed by atoms with Crippen molar-refractivity contribution < 1.29 is 0 Å². The number of thiazole rings is 1. The molecule has 0 bridgehead atoms. The van der Waals surface area contributed by atoms with Crippen molar-refractivity contribution in [3.63, 3.8) is 0 Å². The lowest BCUT2D eigenvalue weighted by Crippen LogP contribution is -1.96. The maximum absolute atomic E-state index is 4.18. The fraction of sp³-hybridized carbons (Fsp3) is 0.250. The normalized spacial score (nSPS) is 15.9. The molecule has 66 valence electrons. The van der Waals surface area contributed by atoms with Gasteiger partial charge in [-0.2, -0.15) is 5.10 Å². The SMILES string of the molecule is BrC1=Cc2c(sc3ncnn23)CC1. The first-order valence-corrected chi connectivity index (χ1v) is 5.63. The highest BCUT2D eigenvalue weighted by molar-refractivity contribution is 9.11. The van der Waals surface area contributed by atoms with E-state index in [2.05, 4.69) is 32.1 Å². The summed E-state index contributed by atoms with van der Waals surface area (Å²) < 4.78 is 3.15. The molecule has 0 unspecified atom stereocenters. The van der Waals surface area contributed by atoms with E-state index in [1.165, 1.54) is 15.1 Å². The molecule has 3 rings (SSSR count). The molecule has 0 saturated heterocycles. The van der Waals surface area contributed by atoms with E-state index in [1.807, 2.05) is 4.52 Å². The fourth-order valence-corrected chi connectivity index (χ4v) is 2.94. The quantitative estimate of drug-likeness (QED) is 0.724. The molecule has 0 N–H and O–H groups in total. The molecule has 5 heteroatoms. The van der Waals surface area contributed by atoms with Crippen LogP contribution in [0, 0.1) is 0 Å². The Morgan fingerprint density at radius 2 is 2.38 bits per heavy atom. The number of fused-ring (bicyclic) bond motifs is 3. The van der Waals surface area contributed by atoms with Crippen LogP contribution in [0.15, 0.2) is 10.8 Å². The Balaban J connectivity index is 2.37. The smallest absolute Gasteiger partial charge is 0.206 e. The molecule has 2 heterocycles. The third-order valence-corrected chi connectivity index (χ3v) is 3.88. The van der Waals surface area contributed by atoms with Crippen molar-refractivity contribution in [1.82, 2.24) is 14.6 Å². The molecule has 13 heavy (non-hydrogen) atoms. The highest BCUT2D eigenvalue weighted by atomic mass is 79.9. The minimum Gasteiger partial charge on any atom is -0.206 e. The van der Waals surface area contributed by atoms with Crippen LogP contribution in [0.3, 0.4) is 0 Å². The number of rotatable bonds is 0. The summed E-state index contributed by atoms with van der Waals surface area (Å²) in [5.41, 5.74) is 1.19. The Hall–Kier alpha value is -0.680. The zero-order chi connectivity index (χ0) is 8.84. The van der Waals surface area contributed by atoms with E-state index >= 15 is 0 Å². The number of halogens is 1. The molecule has 1 aliphatic carbocycles. The lowest BCUT2D eigenvalue weighted by atomic mass is 10.1. The predicted molar refractivity (Wildman–Crippen MR) is 56.1 cm³/mol. The number of nitrogens with zero attached hydrogens (tertiary/aromatic N) is 3. The van der Waals surface area contributed by atoms with E-state index in [-0.39, 0.29) is 0 Å². The monoisotopic (exact) mass is 255 g/mol. The van der Waals surface area contributed by atoms with Gasteiger partial charge < -0.3 is 0 Å². The Morgan fingerprint density at radius 3 is 3.31 bits per heavy atom. The van der Waals surface area contributed by atoms with E-state index in [0.717, 1.165) is 17.8 Å². The van der Waals surface area contributed by atoms with E-state index in [1.54, 1.807) is 17.7 Å². The zero-order valence-corrected chi connectivity index (χ0v) is 9.10. The summed E-state index contributed by atoms with van der Waals surface area (Å²) in [6.07, 6.45) is 5.93. The van der Waals surface area contributed by atoms with Crippen LogP contribution in [0.5, 0.6) is 0 Å². The van der Waals surface area contributed by atoms with Gasteiger partial charge in [0.05, 0.1) is 5.69 Å². The van der Waals surface area contributed by atoms with Gasteiger partial charge >= 0.3 is 0 Å². The second-order valence-electron chi connectivity index (χ2n) is 2.96. The van der Waals surface area contributed by atoms with Crippen molar-refractivity contribution in [3.8, 4) is 0 Å². The molecule has 0 amide bonds. The van der Waals surface area contributed by atoms with Crippen molar-refractivity contribution in [1.29, 1.82) is 0 Å². The molecule has 0 fully saturated rings. The molecule has 0 spiro atoms. The van der Waals surface area contributed by atoms with Gasteiger partial charge in [0.25, 0.3) is 0 Å². The number of hydrogen-bond donors (Lipinski definition) is 0. The second-order valence-corrected chi connectivity index (χ2v) is 5.04. The van der Waals surface area contributed by atoms with Crippen LogP contribution in [-0.4, -0.2) is 14.6 Å². The van der Waals surface area contributed by atoms with Gasteiger partial charge in [-0.05, 0) is 23.4 Å². The maximum Gasteiger partial charge on any atom is 0.212 e. The molecular formula is C8H6BrN3S. The Bertz CT molecular complexity index is 496. The van der Waals surface area contributed by atoms with Crippen molar-refractivity contribution in [2.24, 2.45) is 0 Å². The highest BCUT2D eigenvalue weighted by Crippen LogP contribution is 2.32. The predicted octanol–water partition coefficient (Wildman–Crippen LogP) is 2.47. The van der Waals surface area contributed by atoms with Gasteiger partial charge in [0.2, 0.25) is 4.96 Å². The van der Waals surface area contributed by atoms with Crippen LogP contribution in [0.1, 0.15) is 17.0 Å². The Kier molecular flexibility index (Phi) is 1.57. The molecular weight excluding hydrogens is 250 g/mol. The molecule has 2 aromatic rings. The van der Waals surface area contributed by atoms with Gasteiger partial charge in [0, 0.05) is 4.88 Å². The minimum atomic E-state index is 0.989. The van der Waals surface area contributed by atoms with Gasteiger partial charge in [0.1, 0.15) is 6.33 Å². The first kappa shape index (κ1) is 7.70. The van der Waals surface area contributed by atoms with Crippen molar-refractivity contribution in [2.75, 3.05) is 0 Å². The van der Waals surface area contributed by atoms with Crippen molar-refractivity contribution >= 4 is 38.3 Å². The molecule has 0 saturated carbocycles. The van der Waals surface area contributed by atoms with Gasteiger partial charge in [-0.25, -0.2) is 9.50 Å². The average molecular weight is 256 g/mol. The van der Waals surface area contributed by atoms with Crippen molar-refractivity contribution in [3.05, 3.63) is 21.4 Å². The lowest BCUT2D eigenvalue weighted by Gasteiger charge is -2.06. The zero-order valence-electron chi connectivity index (χ0n) is 6.70. The van der Waals surface area contributed by atoms with E-state index in [9.17, 15) is 0 Å². The summed E-state index contributed by atoms with van der Waals surface area (Å²) in [4.78, 5) is 6.55. The Labute approximate surface area is 87.2 Å². The minimum absolute atomic E-state index is 0.989. The number of hydrogen-bond acceptors (Lipinski definition) is 3. The number of allylic oxidation sites excluding steroid dienone is 1. The largest absolute Gasteiger partial charge is 0.212 e. The summed E-state index contributed by atoms with van der Waals surface area (Å²) in [6.45, 7) is 0. The standard InChI is InChI=1S/C8H6BrN3S/c9-5-1-2-7-6(3-5)12-8(13-7)10-4-11-12/h3-4H,1-2H2. The van der Waals surface area contributed by atoms with Crippen molar-refractivity contribution in [2.45, 2.75) is 12.8 Å². The fourth-order valence-electron chi connectivity index (χ4n) is 1.52. The van der Waals surface area contributed by atoms with Crippen LogP contribution in [0.2, 0.25) is 0 Å². The highest BCUT2D eigenvalue weighted by Gasteiger charge is 2.16. The summed E-state index contributed by atoms with van der Waals surface area (Å²) in [6, 6.07) is 0. The van der Waals surface area contributed by atoms with E-state index in [0.29, 0.717) is 0 Å². The number of aryl methyl sites for hydroxylation is 1. The summed E-state index contributed by atoms with van der Waals surface area (Å²) in [5.74, 6) is 0. The third kappa shape index (κ3) is 1.07. The van der Waals surface area contributed by atoms with Gasteiger partial charge in [-0.15, -0.1) is 0 Å². The first-order chi connectivity index (χ1) is 6.34. The van der Waals surface area contributed by atoms with Gasteiger partial charge in [-0.3, -0.25) is 0 Å². The molecule has 0 atom stereocenters. The molecule has 0 aromatic carbocycles. The third-order valence-electron chi connectivity index (χ3n) is 2.13. The van der Waals surface area contributed by atoms with Gasteiger partial charge in [-0.1, -0.05) is 27.3 Å². The topological polar surface area (TPSA) is 30.2 Å². The summed E-state index contributed by atoms with van der Waals surface area (Å²) in [7, 11) is 0. The second kappa shape index (κ2) is 2.65. The van der Waals surface area contributed by atoms with Crippen LogP contribution in [0.4, 0.5) is 0 Å². The molecule has 3 nitrogen and oxygen atoms in total. The van der Waals surface area contributed by atoms with Gasteiger partial charge in [0.15, 0.2) is 0 Å². The van der Waals surface area contributed by atoms with Crippen LogP contribution >= 0.6 is 27.3 Å². The average Bonchev–Trinajstić information content (AvgIpc) is 2.64. The lowest BCUT2D eigenvalue weighted by molar-refractivity contribution is 0.915.